The lowest BCUT2D eigenvalue weighted by molar-refractivity contribution is 0.275. The van der Waals surface area contributed by atoms with Crippen molar-refractivity contribution in [1.29, 1.82) is 0 Å². The molecule has 1 aromatic carbocycles. The van der Waals surface area contributed by atoms with E-state index in [9.17, 15) is 5.11 Å². The third-order valence-corrected chi connectivity index (χ3v) is 4.93. The Balaban J connectivity index is 1.75. The van der Waals surface area contributed by atoms with Crippen LogP contribution < -0.4 is 5.32 Å². The molecular weight excluding hydrogens is 318 g/mol. The molecule has 24 heavy (non-hydrogen) atoms. The largest absolute Gasteiger partial charge is 0.396 e. The molecule has 3 aromatic rings. The number of nitrogens with one attached hydrogen (secondary N) is 1. The number of aliphatic hydroxyl groups is 1. The Kier molecular flexibility index (Phi) is 5.80. The van der Waals surface area contributed by atoms with E-state index in [-0.39, 0.29) is 12.6 Å². The van der Waals surface area contributed by atoms with Crippen molar-refractivity contribution in [3.8, 4) is 10.6 Å². The lowest BCUT2D eigenvalue weighted by Crippen LogP contribution is -2.21. The maximum atomic E-state index is 9.18. The predicted molar refractivity (Wildman–Crippen MR) is 98.9 cm³/mol. The predicted octanol–water partition coefficient (Wildman–Crippen LogP) is 3.75. The molecule has 0 amide bonds. The lowest BCUT2D eigenvalue weighted by atomic mass is 10.0. The minimum Gasteiger partial charge on any atom is -0.396 e. The van der Waals surface area contributed by atoms with E-state index in [2.05, 4.69) is 58.4 Å². The fourth-order valence-electron chi connectivity index (χ4n) is 2.89. The normalized spacial score (nSPS) is 12.4. The topological polar surface area (TPSA) is 50.1 Å². The Bertz CT molecular complexity index is 737. The summed E-state index contributed by atoms with van der Waals surface area (Å²) in [7, 11) is 1.96. The number of aliphatic hydroxyl groups excluding tert-OH is 1. The van der Waals surface area contributed by atoms with Gasteiger partial charge in [0.25, 0.3) is 0 Å². The minimum absolute atomic E-state index is 0.221. The van der Waals surface area contributed by atoms with Gasteiger partial charge in [-0.1, -0.05) is 36.4 Å². The zero-order valence-electron chi connectivity index (χ0n) is 13.9. The summed E-state index contributed by atoms with van der Waals surface area (Å²) in [5.74, 6) is 0. The molecule has 0 aliphatic heterocycles. The van der Waals surface area contributed by atoms with Gasteiger partial charge in [0, 0.05) is 38.0 Å². The van der Waals surface area contributed by atoms with Crippen LogP contribution in [0.1, 0.15) is 30.0 Å². The van der Waals surface area contributed by atoms with Gasteiger partial charge in [-0.15, -0.1) is 11.3 Å². The van der Waals surface area contributed by atoms with Crippen molar-refractivity contribution in [2.75, 3.05) is 6.61 Å². The first-order valence-corrected chi connectivity index (χ1v) is 9.11. The molecule has 4 nitrogen and oxygen atoms in total. The molecule has 0 saturated heterocycles. The number of rotatable bonds is 8. The van der Waals surface area contributed by atoms with E-state index in [0.717, 1.165) is 25.1 Å². The van der Waals surface area contributed by atoms with Crippen LogP contribution in [0.2, 0.25) is 0 Å². The van der Waals surface area contributed by atoms with Crippen LogP contribution in [0.15, 0.2) is 54.0 Å². The monoisotopic (exact) mass is 341 g/mol. The third kappa shape index (κ3) is 4.12. The van der Waals surface area contributed by atoms with Crippen LogP contribution in [0.3, 0.4) is 0 Å². The average Bonchev–Trinajstić information content (AvgIpc) is 3.25. The lowest BCUT2D eigenvalue weighted by Gasteiger charge is -2.19. The molecule has 1 atom stereocenters. The van der Waals surface area contributed by atoms with Crippen molar-refractivity contribution in [1.82, 2.24) is 15.1 Å². The van der Waals surface area contributed by atoms with Gasteiger partial charge in [0.2, 0.25) is 0 Å². The summed E-state index contributed by atoms with van der Waals surface area (Å²) < 4.78 is 1.87. The zero-order chi connectivity index (χ0) is 16.8. The number of nitrogens with zero attached hydrogens (tertiary/aromatic N) is 2. The molecule has 0 aliphatic rings. The summed E-state index contributed by atoms with van der Waals surface area (Å²) in [5, 5.41) is 19.5. The first kappa shape index (κ1) is 16.9. The number of aromatic nitrogens is 2. The first-order valence-electron chi connectivity index (χ1n) is 8.23. The Hall–Kier alpha value is -1.95. The maximum absolute atomic E-state index is 9.18. The number of thiophene rings is 1. The number of aryl methyl sites for hydroxylation is 1. The fourth-order valence-corrected chi connectivity index (χ4v) is 3.63. The van der Waals surface area contributed by atoms with E-state index in [4.69, 9.17) is 0 Å². The van der Waals surface area contributed by atoms with Gasteiger partial charge < -0.3 is 10.4 Å². The van der Waals surface area contributed by atoms with E-state index >= 15 is 0 Å². The van der Waals surface area contributed by atoms with Crippen molar-refractivity contribution in [3.05, 3.63) is 65.2 Å². The van der Waals surface area contributed by atoms with Crippen LogP contribution in [0.5, 0.6) is 0 Å². The highest BCUT2D eigenvalue weighted by atomic mass is 32.1. The van der Waals surface area contributed by atoms with Crippen molar-refractivity contribution in [3.63, 3.8) is 0 Å². The molecule has 0 fully saturated rings. The maximum Gasteiger partial charge on any atom is 0.107 e. The van der Waals surface area contributed by atoms with Crippen LogP contribution in [0, 0.1) is 0 Å². The van der Waals surface area contributed by atoms with Crippen LogP contribution in [-0.4, -0.2) is 21.5 Å². The quantitative estimate of drug-likeness (QED) is 0.656. The SMILES string of the molecule is Cn1cc(CNC(CCCO)c2ccccc2)c(-c2cccs2)n1. The van der Waals surface area contributed by atoms with Gasteiger partial charge in [-0.25, -0.2) is 0 Å². The first-order chi connectivity index (χ1) is 11.8. The van der Waals surface area contributed by atoms with Gasteiger partial charge in [-0.2, -0.15) is 5.10 Å². The summed E-state index contributed by atoms with van der Waals surface area (Å²) in [6.07, 6.45) is 3.78. The highest BCUT2D eigenvalue weighted by Crippen LogP contribution is 2.27. The summed E-state index contributed by atoms with van der Waals surface area (Å²) in [5.41, 5.74) is 3.51. The molecular formula is C19H23N3OS. The molecule has 0 saturated carbocycles. The second-order valence-electron chi connectivity index (χ2n) is 5.86. The Morgan fingerprint density at radius 1 is 1.21 bits per heavy atom. The van der Waals surface area contributed by atoms with Gasteiger partial charge in [0.1, 0.15) is 5.69 Å². The Labute approximate surface area is 146 Å². The molecule has 0 aliphatic carbocycles. The van der Waals surface area contributed by atoms with E-state index < -0.39 is 0 Å². The molecule has 2 aromatic heterocycles. The summed E-state index contributed by atoms with van der Waals surface area (Å²) >= 11 is 1.71. The average molecular weight is 341 g/mol. The van der Waals surface area contributed by atoms with Gasteiger partial charge in [-0.3, -0.25) is 4.68 Å². The van der Waals surface area contributed by atoms with Gasteiger partial charge in [-0.05, 0) is 29.9 Å². The van der Waals surface area contributed by atoms with Gasteiger partial charge in [0.15, 0.2) is 0 Å². The summed E-state index contributed by atoms with van der Waals surface area (Å²) in [4.78, 5) is 1.19. The molecule has 1 unspecified atom stereocenters. The minimum atomic E-state index is 0.221. The molecule has 2 N–H and O–H groups in total. The number of hydrogen-bond acceptors (Lipinski definition) is 4. The highest BCUT2D eigenvalue weighted by Gasteiger charge is 2.14. The summed E-state index contributed by atoms with van der Waals surface area (Å²) in [6, 6.07) is 14.8. The van der Waals surface area contributed by atoms with Crippen molar-refractivity contribution >= 4 is 11.3 Å². The molecule has 3 rings (SSSR count). The van der Waals surface area contributed by atoms with Crippen LogP contribution >= 0.6 is 11.3 Å². The van der Waals surface area contributed by atoms with E-state index in [1.54, 1.807) is 11.3 Å². The fraction of sp³-hybridized carbons (Fsp3) is 0.316. The van der Waals surface area contributed by atoms with Crippen molar-refractivity contribution in [2.24, 2.45) is 7.05 Å². The molecule has 126 valence electrons. The number of hydrogen-bond donors (Lipinski definition) is 2. The molecule has 0 bridgehead atoms. The molecule has 5 heteroatoms. The summed E-state index contributed by atoms with van der Waals surface area (Å²) in [6.45, 7) is 0.977. The van der Waals surface area contributed by atoms with Crippen LogP contribution in [-0.2, 0) is 13.6 Å². The van der Waals surface area contributed by atoms with E-state index in [1.165, 1.54) is 16.0 Å². The van der Waals surface area contributed by atoms with Crippen molar-refractivity contribution in [2.45, 2.75) is 25.4 Å². The zero-order valence-corrected chi connectivity index (χ0v) is 14.7. The van der Waals surface area contributed by atoms with Gasteiger partial charge >= 0.3 is 0 Å². The van der Waals surface area contributed by atoms with Crippen molar-refractivity contribution < 1.29 is 5.11 Å². The van der Waals surface area contributed by atoms with E-state index in [0.29, 0.717) is 0 Å². The third-order valence-electron chi connectivity index (χ3n) is 4.05. The van der Waals surface area contributed by atoms with Crippen LogP contribution in [0.25, 0.3) is 10.6 Å². The van der Waals surface area contributed by atoms with Crippen LogP contribution in [0.4, 0.5) is 0 Å². The number of benzene rings is 1. The molecule has 0 spiro atoms. The second-order valence-corrected chi connectivity index (χ2v) is 6.81. The second kappa shape index (κ2) is 8.24. The van der Waals surface area contributed by atoms with Gasteiger partial charge in [0.05, 0.1) is 4.88 Å². The standard InChI is InChI=1S/C19H23N3OS/c1-22-14-16(19(21-22)18-10-6-12-24-18)13-20-17(9-5-11-23)15-7-3-2-4-8-15/h2-4,6-8,10,12,14,17,20,23H,5,9,11,13H2,1H3. The smallest absolute Gasteiger partial charge is 0.107 e. The highest BCUT2D eigenvalue weighted by molar-refractivity contribution is 7.13. The van der Waals surface area contributed by atoms with E-state index in [1.807, 2.05) is 17.8 Å². The molecule has 0 radical (unpaired) electrons. The Morgan fingerprint density at radius 2 is 2.04 bits per heavy atom. The Morgan fingerprint density at radius 3 is 2.75 bits per heavy atom. The molecule has 2 heterocycles.